The highest BCUT2D eigenvalue weighted by Crippen LogP contribution is 2.16. The third-order valence-electron chi connectivity index (χ3n) is 1.82. The highest BCUT2D eigenvalue weighted by molar-refractivity contribution is 5.61. The van der Waals surface area contributed by atoms with Crippen molar-refractivity contribution in [3.63, 3.8) is 0 Å². The van der Waals surface area contributed by atoms with Gasteiger partial charge >= 0.3 is 0 Å². The van der Waals surface area contributed by atoms with Gasteiger partial charge in [0, 0.05) is 11.6 Å². The van der Waals surface area contributed by atoms with Gasteiger partial charge in [-0.15, -0.1) is 0 Å². The first kappa shape index (κ1) is 8.62. The molecule has 2 rings (SSSR count). The van der Waals surface area contributed by atoms with Gasteiger partial charge in [0.15, 0.2) is 0 Å². The first-order valence-electron chi connectivity index (χ1n) is 4.06. The molecule has 0 aliphatic rings. The largest absolute Gasteiger partial charge is 0.268 e. The Morgan fingerprint density at radius 3 is 2.79 bits per heavy atom. The molecule has 1 N–H and O–H groups in total. The number of nitrogens with one attached hydrogen (secondary N) is 1. The molecule has 0 spiro atoms. The van der Waals surface area contributed by atoms with E-state index in [2.05, 4.69) is 10.2 Å². The monoisotopic (exact) mass is 190 g/mol. The quantitative estimate of drug-likeness (QED) is 0.741. The Bertz CT molecular complexity index is 507. The van der Waals surface area contributed by atoms with Crippen molar-refractivity contribution in [1.29, 1.82) is 0 Å². The number of hydrogen-bond donors (Lipinski definition) is 1. The molecule has 1 heterocycles. The molecule has 0 radical (unpaired) electrons. The zero-order chi connectivity index (χ0) is 9.97. The maximum atomic E-state index is 12.8. The summed E-state index contributed by atoms with van der Waals surface area (Å²) < 4.78 is 12.8. The summed E-state index contributed by atoms with van der Waals surface area (Å²) in [6, 6.07) is 7.40. The molecule has 0 unspecified atom stereocenters. The van der Waals surface area contributed by atoms with Gasteiger partial charge < -0.3 is 0 Å². The second kappa shape index (κ2) is 3.41. The van der Waals surface area contributed by atoms with Crippen LogP contribution in [0.25, 0.3) is 11.1 Å². The first-order valence-corrected chi connectivity index (χ1v) is 4.06. The number of hydrogen-bond acceptors (Lipinski definition) is 2. The van der Waals surface area contributed by atoms with Crippen LogP contribution >= 0.6 is 0 Å². The van der Waals surface area contributed by atoms with E-state index in [1.165, 1.54) is 24.4 Å². The Balaban J connectivity index is 2.55. The van der Waals surface area contributed by atoms with Crippen molar-refractivity contribution in [2.45, 2.75) is 0 Å². The minimum absolute atomic E-state index is 0.299. The maximum absolute atomic E-state index is 12.8. The smallest absolute Gasteiger partial charge is 0.264 e. The van der Waals surface area contributed by atoms with Crippen LogP contribution < -0.4 is 5.56 Å². The highest BCUT2D eigenvalue weighted by atomic mass is 19.1. The fourth-order valence-corrected chi connectivity index (χ4v) is 1.20. The Kier molecular flexibility index (Phi) is 2.10. The van der Waals surface area contributed by atoms with Crippen LogP contribution in [0.2, 0.25) is 0 Å². The van der Waals surface area contributed by atoms with Crippen LogP contribution in [0.1, 0.15) is 0 Å². The van der Waals surface area contributed by atoms with E-state index in [1.54, 1.807) is 12.1 Å². The van der Waals surface area contributed by atoms with Crippen molar-refractivity contribution in [2.75, 3.05) is 0 Å². The minimum atomic E-state index is -0.331. The van der Waals surface area contributed by atoms with Crippen LogP contribution in [-0.4, -0.2) is 10.2 Å². The van der Waals surface area contributed by atoms with E-state index in [0.717, 1.165) is 0 Å². The van der Waals surface area contributed by atoms with E-state index in [9.17, 15) is 9.18 Å². The average molecular weight is 190 g/mol. The predicted molar refractivity (Wildman–Crippen MR) is 50.3 cm³/mol. The second-order valence-corrected chi connectivity index (χ2v) is 2.84. The lowest BCUT2D eigenvalue weighted by Gasteiger charge is -1.98. The van der Waals surface area contributed by atoms with E-state index in [0.29, 0.717) is 11.1 Å². The molecule has 0 aliphatic carbocycles. The minimum Gasteiger partial charge on any atom is -0.268 e. The molecule has 0 saturated heterocycles. The molecule has 2 aromatic rings. The molecule has 3 nitrogen and oxygen atoms in total. The van der Waals surface area contributed by atoms with Gasteiger partial charge in [-0.25, -0.2) is 9.49 Å². The van der Waals surface area contributed by atoms with Crippen LogP contribution in [0.4, 0.5) is 4.39 Å². The molecule has 70 valence electrons. The van der Waals surface area contributed by atoms with Gasteiger partial charge in [-0.3, -0.25) is 4.79 Å². The predicted octanol–water partition coefficient (Wildman–Crippen LogP) is 1.58. The van der Waals surface area contributed by atoms with E-state index in [-0.39, 0.29) is 11.4 Å². The molecule has 0 amide bonds. The topological polar surface area (TPSA) is 45.8 Å². The van der Waals surface area contributed by atoms with Gasteiger partial charge in [0.2, 0.25) is 0 Å². The molecule has 0 aliphatic heterocycles. The number of aromatic nitrogens is 2. The molecule has 0 fully saturated rings. The SMILES string of the molecule is O=c1cc(-c2cccc(F)c2)cn[nH]1. The molecular formula is C10H7FN2O. The summed E-state index contributed by atoms with van der Waals surface area (Å²) in [5, 5.41) is 5.89. The summed E-state index contributed by atoms with van der Waals surface area (Å²) >= 11 is 0. The Morgan fingerprint density at radius 1 is 1.21 bits per heavy atom. The molecule has 4 heteroatoms. The van der Waals surface area contributed by atoms with Crippen LogP contribution in [0.5, 0.6) is 0 Å². The lowest BCUT2D eigenvalue weighted by Crippen LogP contribution is -2.05. The number of nitrogens with zero attached hydrogens (tertiary/aromatic N) is 1. The molecule has 1 aromatic carbocycles. The van der Waals surface area contributed by atoms with Crippen molar-refractivity contribution in [3.05, 3.63) is 52.7 Å². The van der Waals surface area contributed by atoms with Crippen molar-refractivity contribution in [2.24, 2.45) is 0 Å². The third-order valence-corrected chi connectivity index (χ3v) is 1.82. The lowest BCUT2D eigenvalue weighted by atomic mass is 10.1. The third kappa shape index (κ3) is 1.69. The number of H-pyrrole nitrogens is 1. The second-order valence-electron chi connectivity index (χ2n) is 2.84. The molecule has 0 atom stereocenters. The molecule has 0 saturated carbocycles. The Hall–Kier alpha value is -1.97. The molecule has 14 heavy (non-hydrogen) atoms. The standard InChI is InChI=1S/C10H7FN2O/c11-9-3-1-2-7(4-9)8-5-10(14)13-12-6-8/h1-6H,(H,13,14). The van der Waals surface area contributed by atoms with Gasteiger partial charge in [-0.05, 0) is 17.7 Å². The van der Waals surface area contributed by atoms with E-state index >= 15 is 0 Å². The summed E-state index contributed by atoms with van der Waals surface area (Å²) in [7, 11) is 0. The van der Waals surface area contributed by atoms with Gasteiger partial charge in [0.25, 0.3) is 5.56 Å². The van der Waals surface area contributed by atoms with Crippen molar-refractivity contribution >= 4 is 0 Å². The molecule has 0 bridgehead atoms. The van der Waals surface area contributed by atoms with Gasteiger partial charge in [0.05, 0.1) is 6.20 Å². The fraction of sp³-hybridized carbons (Fsp3) is 0. The zero-order valence-electron chi connectivity index (χ0n) is 7.20. The fourth-order valence-electron chi connectivity index (χ4n) is 1.20. The van der Waals surface area contributed by atoms with Gasteiger partial charge in [-0.2, -0.15) is 5.10 Å². The molecular weight excluding hydrogens is 183 g/mol. The van der Waals surface area contributed by atoms with Crippen molar-refractivity contribution < 1.29 is 4.39 Å². The number of rotatable bonds is 1. The lowest BCUT2D eigenvalue weighted by molar-refractivity contribution is 0.628. The summed E-state index contributed by atoms with van der Waals surface area (Å²) in [5.41, 5.74) is 0.948. The average Bonchev–Trinajstić information content (AvgIpc) is 2.18. The van der Waals surface area contributed by atoms with E-state index in [4.69, 9.17) is 0 Å². The molecule has 1 aromatic heterocycles. The normalized spacial score (nSPS) is 10.1. The number of aromatic amines is 1. The summed E-state index contributed by atoms with van der Waals surface area (Å²) in [6.07, 6.45) is 1.48. The van der Waals surface area contributed by atoms with E-state index < -0.39 is 0 Å². The van der Waals surface area contributed by atoms with Gasteiger partial charge in [-0.1, -0.05) is 12.1 Å². The van der Waals surface area contributed by atoms with Crippen LogP contribution in [0.15, 0.2) is 41.3 Å². The first-order chi connectivity index (χ1) is 6.75. The van der Waals surface area contributed by atoms with Crippen LogP contribution in [-0.2, 0) is 0 Å². The number of halogens is 1. The Morgan fingerprint density at radius 2 is 2.07 bits per heavy atom. The van der Waals surface area contributed by atoms with Crippen molar-refractivity contribution in [1.82, 2.24) is 10.2 Å². The summed E-state index contributed by atoms with van der Waals surface area (Å²) in [6.45, 7) is 0. The number of benzene rings is 1. The van der Waals surface area contributed by atoms with Crippen molar-refractivity contribution in [3.8, 4) is 11.1 Å². The van der Waals surface area contributed by atoms with E-state index in [1.807, 2.05) is 0 Å². The van der Waals surface area contributed by atoms with Crippen LogP contribution in [0, 0.1) is 5.82 Å². The summed E-state index contributed by atoms with van der Waals surface area (Å²) in [4.78, 5) is 10.9. The highest BCUT2D eigenvalue weighted by Gasteiger charge is 1.99. The maximum Gasteiger partial charge on any atom is 0.264 e. The van der Waals surface area contributed by atoms with Gasteiger partial charge in [0.1, 0.15) is 5.82 Å². The zero-order valence-corrected chi connectivity index (χ0v) is 7.20. The van der Waals surface area contributed by atoms with Crippen LogP contribution in [0.3, 0.4) is 0 Å². The Labute approximate surface area is 79.2 Å². The summed E-state index contributed by atoms with van der Waals surface area (Å²) in [5.74, 6) is -0.331.